The Bertz CT molecular complexity index is 691. The number of carboxylic acids is 1. The molecule has 2 unspecified atom stereocenters. The summed E-state index contributed by atoms with van der Waals surface area (Å²) >= 11 is 0. The molecule has 1 fully saturated rings. The van der Waals surface area contributed by atoms with Gasteiger partial charge in [-0.3, -0.25) is 9.59 Å². The minimum atomic E-state index is -1.08. The predicted molar refractivity (Wildman–Crippen MR) is 94.0 cm³/mol. The molecule has 2 heterocycles. The van der Waals surface area contributed by atoms with Crippen LogP contribution in [0.25, 0.3) is 0 Å². The van der Waals surface area contributed by atoms with E-state index in [1.807, 2.05) is 6.92 Å². The number of hydrogen-bond donors (Lipinski definition) is 2. The third-order valence-electron chi connectivity index (χ3n) is 4.65. The second kappa shape index (κ2) is 8.75. The number of amides is 2. The maximum atomic E-state index is 12.8. The number of hydrogen-bond acceptors (Lipinski definition) is 5. The summed E-state index contributed by atoms with van der Waals surface area (Å²) in [6.45, 7) is 4.70. The van der Waals surface area contributed by atoms with Gasteiger partial charge in [0.05, 0.1) is 23.8 Å². The van der Waals surface area contributed by atoms with Gasteiger partial charge in [0, 0.05) is 26.2 Å². The molecule has 0 spiro atoms. The second-order valence-electron chi connectivity index (χ2n) is 6.50. The number of piperidine rings is 1. The van der Waals surface area contributed by atoms with E-state index < -0.39 is 5.97 Å². The highest BCUT2D eigenvalue weighted by atomic mass is 16.5. The van der Waals surface area contributed by atoms with Crippen molar-refractivity contribution in [3.8, 4) is 0 Å². The Labute approximate surface area is 152 Å². The Kier molecular flexibility index (Phi) is 6.68. The normalized spacial score (nSPS) is 19.9. The molecule has 2 amide bonds. The average molecular weight is 363 g/mol. The first-order valence-electron chi connectivity index (χ1n) is 8.63. The molecule has 1 aromatic rings. The fourth-order valence-corrected chi connectivity index (χ4v) is 3.08. The number of carbonyl (C=O) groups excluding carboxylic acids is 2. The van der Waals surface area contributed by atoms with E-state index in [1.54, 1.807) is 18.9 Å². The van der Waals surface area contributed by atoms with E-state index in [0.29, 0.717) is 31.8 Å². The Morgan fingerprint density at radius 3 is 2.69 bits per heavy atom. The number of carbonyl (C=O) groups is 3. The van der Waals surface area contributed by atoms with Gasteiger partial charge < -0.3 is 20.1 Å². The van der Waals surface area contributed by atoms with Crippen LogP contribution >= 0.6 is 0 Å². The van der Waals surface area contributed by atoms with Gasteiger partial charge in [0.1, 0.15) is 5.69 Å². The SMILES string of the molecule is COCCNC(=O)C1CCC(C)N(C(=O)c2ccc(C(=O)O)c(C)n2)C1. The topological polar surface area (TPSA) is 109 Å². The Hall–Kier alpha value is -2.48. The van der Waals surface area contributed by atoms with Crippen molar-refractivity contribution >= 4 is 17.8 Å². The minimum absolute atomic E-state index is 0.00761. The second-order valence-corrected chi connectivity index (χ2v) is 6.50. The molecular weight excluding hydrogens is 338 g/mol. The Morgan fingerprint density at radius 2 is 2.08 bits per heavy atom. The van der Waals surface area contributed by atoms with Crippen LogP contribution in [0.3, 0.4) is 0 Å². The molecule has 0 radical (unpaired) electrons. The lowest BCUT2D eigenvalue weighted by Gasteiger charge is -2.37. The van der Waals surface area contributed by atoms with Crippen LogP contribution in [-0.4, -0.2) is 65.6 Å². The van der Waals surface area contributed by atoms with Crippen LogP contribution < -0.4 is 5.32 Å². The van der Waals surface area contributed by atoms with Crippen LogP contribution in [0.15, 0.2) is 12.1 Å². The fraction of sp³-hybridized carbons (Fsp3) is 0.556. The molecule has 8 nitrogen and oxygen atoms in total. The van der Waals surface area contributed by atoms with Gasteiger partial charge in [-0.1, -0.05) is 0 Å². The minimum Gasteiger partial charge on any atom is -0.478 e. The van der Waals surface area contributed by atoms with Gasteiger partial charge in [0.2, 0.25) is 5.91 Å². The van der Waals surface area contributed by atoms with Gasteiger partial charge in [0.15, 0.2) is 0 Å². The lowest BCUT2D eigenvalue weighted by molar-refractivity contribution is -0.126. The predicted octanol–water partition coefficient (Wildman–Crippen LogP) is 1.09. The Morgan fingerprint density at radius 1 is 1.35 bits per heavy atom. The number of aryl methyl sites for hydroxylation is 1. The molecule has 2 rings (SSSR count). The highest BCUT2D eigenvalue weighted by molar-refractivity contribution is 5.95. The van der Waals surface area contributed by atoms with Crippen molar-refractivity contribution in [2.45, 2.75) is 32.7 Å². The number of carboxylic acid groups (broad SMARTS) is 1. The molecule has 0 saturated carbocycles. The van der Waals surface area contributed by atoms with Crippen molar-refractivity contribution in [3.63, 3.8) is 0 Å². The van der Waals surface area contributed by atoms with Gasteiger partial charge >= 0.3 is 5.97 Å². The molecule has 8 heteroatoms. The number of nitrogens with zero attached hydrogens (tertiary/aromatic N) is 2. The first-order chi connectivity index (χ1) is 12.3. The zero-order valence-corrected chi connectivity index (χ0v) is 15.3. The van der Waals surface area contributed by atoms with Gasteiger partial charge in [-0.2, -0.15) is 0 Å². The highest BCUT2D eigenvalue weighted by Crippen LogP contribution is 2.24. The smallest absolute Gasteiger partial charge is 0.337 e. The molecule has 1 saturated heterocycles. The molecule has 1 aliphatic heterocycles. The van der Waals surface area contributed by atoms with Crippen molar-refractivity contribution in [1.82, 2.24) is 15.2 Å². The number of nitrogens with one attached hydrogen (secondary N) is 1. The van der Waals surface area contributed by atoms with Crippen LogP contribution in [-0.2, 0) is 9.53 Å². The van der Waals surface area contributed by atoms with E-state index in [4.69, 9.17) is 9.84 Å². The van der Waals surface area contributed by atoms with Crippen LogP contribution in [0.5, 0.6) is 0 Å². The number of rotatable bonds is 6. The highest BCUT2D eigenvalue weighted by Gasteiger charge is 2.33. The molecule has 26 heavy (non-hydrogen) atoms. The van der Waals surface area contributed by atoms with Crippen molar-refractivity contribution in [3.05, 3.63) is 29.1 Å². The summed E-state index contributed by atoms with van der Waals surface area (Å²) in [7, 11) is 1.57. The summed E-state index contributed by atoms with van der Waals surface area (Å²) in [5.74, 6) is -1.72. The third kappa shape index (κ3) is 4.57. The van der Waals surface area contributed by atoms with E-state index in [-0.39, 0.29) is 35.0 Å². The van der Waals surface area contributed by atoms with E-state index in [1.165, 1.54) is 12.1 Å². The maximum Gasteiger partial charge on any atom is 0.337 e. The molecule has 1 aromatic heterocycles. The van der Waals surface area contributed by atoms with E-state index >= 15 is 0 Å². The molecule has 0 bridgehead atoms. The first-order valence-corrected chi connectivity index (χ1v) is 8.63. The lowest BCUT2D eigenvalue weighted by Crippen LogP contribution is -2.50. The van der Waals surface area contributed by atoms with Crippen molar-refractivity contribution in [2.24, 2.45) is 5.92 Å². The monoisotopic (exact) mass is 363 g/mol. The van der Waals surface area contributed by atoms with Crippen LogP contribution in [0.2, 0.25) is 0 Å². The average Bonchev–Trinajstić information content (AvgIpc) is 2.61. The molecular formula is C18H25N3O5. The van der Waals surface area contributed by atoms with Crippen LogP contribution in [0.4, 0.5) is 0 Å². The lowest BCUT2D eigenvalue weighted by atomic mass is 9.92. The summed E-state index contributed by atoms with van der Waals surface area (Å²) in [6.07, 6.45) is 1.44. The van der Waals surface area contributed by atoms with Crippen LogP contribution in [0.1, 0.15) is 46.3 Å². The number of aromatic carboxylic acids is 1. The summed E-state index contributed by atoms with van der Waals surface area (Å²) in [6, 6.07) is 2.81. The summed E-state index contributed by atoms with van der Waals surface area (Å²) in [4.78, 5) is 42.0. The Balaban J connectivity index is 2.10. The number of pyridine rings is 1. The zero-order valence-electron chi connectivity index (χ0n) is 15.3. The van der Waals surface area contributed by atoms with Gasteiger partial charge in [0.25, 0.3) is 5.91 Å². The van der Waals surface area contributed by atoms with Crippen molar-refractivity contribution < 1.29 is 24.2 Å². The largest absolute Gasteiger partial charge is 0.478 e. The molecule has 2 atom stereocenters. The van der Waals surface area contributed by atoms with Crippen LogP contribution in [0, 0.1) is 12.8 Å². The zero-order chi connectivity index (χ0) is 19.3. The summed E-state index contributed by atoms with van der Waals surface area (Å²) < 4.78 is 4.92. The molecule has 0 aliphatic carbocycles. The third-order valence-corrected chi connectivity index (χ3v) is 4.65. The van der Waals surface area contributed by atoms with Gasteiger partial charge in [-0.25, -0.2) is 9.78 Å². The number of ether oxygens (including phenoxy) is 1. The molecule has 142 valence electrons. The number of aromatic nitrogens is 1. The summed E-state index contributed by atoms with van der Waals surface area (Å²) in [5.41, 5.74) is 0.560. The van der Waals surface area contributed by atoms with E-state index in [9.17, 15) is 14.4 Å². The molecule has 2 N–H and O–H groups in total. The van der Waals surface area contributed by atoms with Crippen molar-refractivity contribution in [2.75, 3.05) is 26.8 Å². The maximum absolute atomic E-state index is 12.8. The van der Waals surface area contributed by atoms with Gasteiger partial charge in [-0.05, 0) is 38.8 Å². The quantitative estimate of drug-likeness (QED) is 0.733. The standard InChI is InChI=1S/C18H25N3O5/c1-11-4-5-13(16(22)19-8-9-26-3)10-21(11)17(23)15-7-6-14(18(24)25)12(2)20-15/h6-7,11,13H,4-5,8-10H2,1-3H3,(H,19,22)(H,24,25). The summed E-state index contributed by atoms with van der Waals surface area (Å²) in [5, 5.41) is 11.9. The molecule has 1 aliphatic rings. The number of likely N-dealkylation sites (tertiary alicyclic amines) is 1. The fourth-order valence-electron chi connectivity index (χ4n) is 3.08. The van der Waals surface area contributed by atoms with E-state index in [2.05, 4.69) is 10.3 Å². The van der Waals surface area contributed by atoms with Crippen molar-refractivity contribution in [1.29, 1.82) is 0 Å². The van der Waals surface area contributed by atoms with E-state index in [0.717, 1.165) is 6.42 Å². The molecule has 0 aromatic carbocycles. The number of methoxy groups -OCH3 is 1. The first kappa shape index (κ1) is 19.8. The van der Waals surface area contributed by atoms with Gasteiger partial charge in [-0.15, -0.1) is 0 Å².